The topological polar surface area (TPSA) is 26.3 Å². The van der Waals surface area contributed by atoms with Crippen molar-refractivity contribution in [1.82, 2.24) is 0 Å². The highest BCUT2D eigenvalue weighted by molar-refractivity contribution is 6.31. The van der Waals surface area contributed by atoms with E-state index in [0.717, 1.165) is 0 Å². The quantitative estimate of drug-likeness (QED) is 0.747. The van der Waals surface area contributed by atoms with E-state index in [1.165, 1.54) is 0 Å². The van der Waals surface area contributed by atoms with Crippen molar-refractivity contribution in [3.8, 4) is 0 Å². The minimum absolute atomic E-state index is 0.125. The van der Waals surface area contributed by atoms with Crippen LogP contribution in [-0.2, 0) is 16.0 Å². The Labute approximate surface area is 93.0 Å². The maximum Gasteiger partial charge on any atom is 0.310 e. The monoisotopic (exact) mass is 230 g/mol. The van der Waals surface area contributed by atoms with Gasteiger partial charge in [-0.25, -0.2) is 4.39 Å². The van der Waals surface area contributed by atoms with Crippen molar-refractivity contribution in [3.63, 3.8) is 0 Å². The van der Waals surface area contributed by atoms with Crippen LogP contribution in [0.25, 0.3) is 0 Å². The van der Waals surface area contributed by atoms with Gasteiger partial charge in [-0.15, -0.1) is 0 Å². The van der Waals surface area contributed by atoms with Crippen molar-refractivity contribution >= 4 is 17.6 Å². The summed E-state index contributed by atoms with van der Waals surface area (Å²) in [7, 11) is 0. The second-order valence-corrected chi connectivity index (χ2v) is 3.55. The first-order valence-corrected chi connectivity index (χ1v) is 5.03. The summed E-state index contributed by atoms with van der Waals surface area (Å²) in [6.45, 7) is 3.61. The molecule has 0 N–H and O–H groups in total. The van der Waals surface area contributed by atoms with Crippen LogP contribution in [0.5, 0.6) is 0 Å². The summed E-state index contributed by atoms with van der Waals surface area (Å²) in [5.74, 6) is -0.903. The number of halogens is 2. The van der Waals surface area contributed by atoms with Crippen LogP contribution in [0, 0.1) is 12.7 Å². The Kier molecular flexibility index (Phi) is 4.09. The average molecular weight is 231 g/mol. The van der Waals surface area contributed by atoms with Crippen LogP contribution in [0.15, 0.2) is 12.1 Å². The van der Waals surface area contributed by atoms with Crippen LogP contribution in [0.4, 0.5) is 4.39 Å². The van der Waals surface area contributed by atoms with E-state index < -0.39 is 11.8 Å². The first kappa shape index (κ1) is 12.0. The third-order valence-electron chi connectivity index (χ3n) is 2.01. The first-order chi connectivity index (χ1) is 7.06. The summed E-state index contributed by atoms with van der Waals surface area (Å²) in [4.78, 5) is 11.2. The Morgan fingerprint density at radius 3 is 2.80 bits per heavy atom. The number of aryl methyl sites for hydroxylation is 1. The highest BCUT2D eigenvalue weighted by atomic mass is 35.5. The van der Waals surface area contributed by atoms with Gasteiger partial charge in [0.15, 0.2) is 0 Å². The number of rotatable bonds is 3. The number of carbonyl (C=O) groups excluding carboxylic acids is 1. The second-order valence-electron chi connectivity index (χ2n) is 3.14. The molecule has 0 radical (unpaired) electrons. The molecule has 0 aliphatic heterocycles. The van der Waals surface area contributed by atoms with Gasteiger partial charge < -0.3 is 4.74 Å². The van der Waals surface area contributed by atoms with Crippen molar-refractivity contribution in [3.05, 3.63) is 34.1 Å². The molecular weight excluding hydrogens is 219 g/mol. The highest BCUT2D eigenvalue weighted by Crippen LogP contribution is 2.22. The van der Waals surface area contributed by atoms with Crippen molar-refractivity contribution < 1.29 is 13.9 Å². The van der Waals surface area contributed by atoms with E-state index in [1.54, 1.807) is 26.0 Å². The van der Waals surface area contributed by atoms with E-state index in [2.05, 4.69) is 0 Å². The lowest BCUT2D eigenvalue weighted by atomic mass is 10.1. The maximum absolute atomic E-state index is 13.6. The molecule has 0 spiro atoms. The molecule has 4 heteroatoms. The van der Waals surface area contributed by atoms with Crippen molar-refractivity contribution in [2.75, 3.05) is 6.61 Å². The van der Waals surface area contributed by atoms with Crippen LogP contribution >= 0.6 is 11.6 Å². The largest absolute Gasteiger partial charge is 0.466 e. The molecule has 1 aromatic rings. The van der Waals surface area contributed by atoms with E-state index >= 15 is 0 Å². The van der Waals surface area contributed by atoms with Crippen molar-refractivity contribution in [1.29, 1.82) is 0 Å². The first-order valence-electron chi connectivity index (χ1n) is 4.65. The van der Waals surface area contributed by atoms with Gasteiger partial charge in [0, 0.05) is 10.6 Å². The van der Waals surface area contributed by atoms with Gasteiger partial charge in [0.2, 0.25) is 0 Å². The molecule has 0 unspecified atom stereocenters. The molecule has 0 amide bonds. The van der Waals surface area contributed by atoms with Crippen LogP contribution < -0.4 is 0 Å². The molecule has 0 aliphatic carbocycles. The van der Waals surface area contributed by atoms with Crippen LogP contribution in [0.1, 0.15) is 18.1 Å². The predicted octanol–water partition coefficient (Wildman–Crippen LogP) is 2.89. The molecule has 1 aromatic carbocycles. The zero-order valence-electron chi connectivity index (χ0n) is 8.64. The minimum Gasteiger partial charge on any atom is -0.466 e. The smallest absolute Gasteiger partial charge is 0.310 e. The minimum atomic E-state index is -0.469. The SMILES string of the molecule is CCOC(=O)Cc1c(Cl)ccc(C)c1F. The van der Waals surface area contributed by atoms with E-state index in [4.69, 9.17) is 16.3 Å². The molecule has 0 heterocycles. The fraction of sp³-hybridized carbons (Fsp3) is 0.364. The Hall–Kier alpha value is -1.09. The van der Waals surface area contributed by atoms with Crippen molar-refractivity contribution in [2.45, 2.75) is 20.3 Å². The highest BCUT2D eigenvalue weighted by Gasteiger charge is 2.14. The molecule has 0 saturated heterocycles. The van der Waals surface area contributed by atoms with Crippen LogP contribution in [0.2, 0.25) is 5.02 Å². The third-order valence-corrected chi connectivity index (χ3v) is 2.36. The molecule has 0 aromatic heterocycles. The number of hydrogen-bond donors (Lipinski definition) is 0. The van der Waals surface area contributed by atoms with Gasteiger partial charge in [0.25, 0.3) is 0 Å². The van der Waals surface area contributed by atoms with Gasteiger partial charge in [0.05, 0.1) is 13.0 Å². The molecule has 0 saturated carbocycles. The van der Waals surface area contributed by atoms with E-state index in [9.17, 15) is 9.18 Å². The number of esters is 1. The summed E-state index contributed by atoms with van der Waals surface area (Å²) in [6, 6.07) is 3.15. The van der Waals surface area contributed by atoms with Gasteiger partial charge in [-0.1, -0.05) is 17.7 Å². The number of benzene rings is 1. The number of ether oxygens (including phenoxy) is 1. The van der Waals surface area contributed by atoms with Gasteiger partial charge in [-0.3, -0.25) is 4.79 Å². The summed E-state index contributed by atoms with van der Waals surface area (Å²) in [5, 5.41) is 0.256. The predicted molar refractivity (Wildman–Crippen MR) is 56.5 cm³/mol. The maximum atomic E-state index is 13.6. The van der Waals surface area contributed by atoms with Gasteiger partial charge >= 0.3 is 5.97 Å². The molecule has 82 valence electrons. The zero-order chi connectivity index (χ0) is 11.4. The van der Waals surface area contributed by atoms with Gasteiger partial charge in [0.1, 0.15) is 5.82 Å². The van der Waals surface area contributed by atoms with Crippen molar-refractivity contribution in [2.24, 2.45) is 0 Å². The Morgan fingerprint density at radius 2 is 2.20 bits per heavy atom. The molecule has 0 atom stereocenters. The van der Waals surface area contributed by atoms with Crippen LogP contribution in [-0.4, -0.2) is 12.6 Å². The van der Waals surface area contributed by atoms with Gasteiger partial charge in [-0.05, 0) is 25.5 Å². The second kappa shape index (κ2) is 5.12. The van der Waals surface area contributed by atoms with E-state index in [1.807, 2.05) is 0 Å². The van der Waals surface area contributed by atoms with Gasteiger partial charge in [-0.2, -0.15) is 0 Å². The summed E-state index contributed by atoms with van der Waals surface area (Å²) in [5.41, 5.74) is 0.675. The lowest BCUT2D eigenvalue weighted by Crippen LogP contribution is -2.09. The third kappa shape index (κ3) is 2.93. The number of hydrogen-bond acceptors (Lipinski definition) is 2. The Morgan fingerprint density at radius 1 is 1.53 bits per heavy atom. The molecule has 2 nitrogen and oxygen atoms in total. The molecule has 0 aliphatic rings. The fourth-order valence-electron chi connectivity index (χ4n) is 1.23. The normalized spacial score (nSPS) is 10.1. The summed E-state index contributed by atoms with van der Waals surface area (Å²) in [6.07, 6.45) is -0.125. The molecular formula is C11H12ClFO2. The molecule has 0 fully saturated rings. The Balaban J connectivity index is 2.93. The lowest BCUT2D eigenvalue weighted by molar-refractivity contribution is -0.142. The van der Waals surface area contributed by atoms with Crippen LogP contribution in [0.3, 0.4) is 0 Å². The summed E-state index contributed by atoms with van der Waals surface area (Å²) < 4.78 is 18.3. The zero-order valence-corrected chi connectivity index (χ0v) is 9.40. The standard InChI is InChI=1S/C11H12ClFO2/c1-3-15-10(14)6-8-9(12)5-4-7(2)11(8)13/h4-5H,3,6H2,1-2H3. The van der Waals surface area contributed by atoms with E-state index in [0.29, 0.717) is 5.56 Å². The fourth-order valence-corrected chi connectivity index (χ4v) is 1.45. The Bertz CT molecular complexity index is 377. The average Bonchev–Trinajstić information content (AvgIpc) is 2.19. The lowest BCUT2D eigenvalue weighted by Gasteiger charge is -2.07. The molecule has 0 bridgehead atoms. The number of carbonyl (C=O) groups is 1. The molecule has 15 heavy (non-hydrogen) atoms. The molecule has 1 rings (SSSR count). The summed E-state index contributed by atoms with van der Waals surface area (Å²) >= 11 is 5.80. The van der Waals surface area contributed by atoms with E-state index in [-0.39, 0.29) is 23.6 Å².